The average Bonchev–Trinajstić information content (AvgIpc) is 3.10. The predicted molar refractivity (Wildman–Crippen MR) is 89.4 cm³/mol. The van der Waals surface area contributed by atoms with Gasteiger partial charge in [0.1, 0.15) is 9.96 Å². The largest absolute Gasteiger partial charge is 0.508 e. The lowest BCUT2D eigenvalue weighted by Gasteiger charge is -2.41. The van der Waals surface area contributed by atoms with E-state index in [9.17, 15) is 18.6 Å². The number of rotatable bonds is 4. The van der Waals surface area contributed by atoms with Gasteiger partial charge < -0.3 is 15.1 Å². The van der Waals surface area contributed by atoms with Gasteiger partial charge >= 0.3 is 0 Å². The number of hydrogen-bond acceptors (Lipinski definition) is 6. The van der Waals surface area contributed by atoms with Crippen LogP contribution in [0.5, 0.6) is 5.75 Å². The number of sulfonamides is 1. The molecule has 23 heavy (non-hydrogen) atoms. The third-order valence-corrected chi connectivity index (χ3v) is 7.16. The summed E-state index contributed by atoms with van der Waals surface area (Å²) in [5.41, 5.74) is 0.857. The van der Waals surface area contributed by atoms with Crippen LogP contribution in [0.15, 0.2) is 46.0 Å². The molecule has 1 aromatic heterocycles. The molecular formula is C15H18N2O4S2. The quantitative estimate of drug-likeness (QED) is 0.866. The minimum absolute atomic E-state index is 0.142. The first-order valence-electron chi connectivity index (χ1n) is 7.22. The second kappa shape index (κ2) is 6.48. The number of aromatic hydroxyl groups is 1. The van der Waals surface area contributed by atoms with E-state index in [-0.39, 0.29) is 24.9 Å². The molecule has 1 atom stereocenters. The fraction of sp³-hybridized carbons (Fsp3) is 0.333. The SMILES string of the molecule is O=S(=O)(c1cccs1)N1CCN(c2ccc(O)cc2)[C@@H](CO)C1. The monoisotopic (exact) mass is 354 g/mol. The number of aliphatic hydroxyl groups is 1. The van der Waals surface area contributed by atoms with Crippen LogP contribution in [-0.4, -0.2) is 55.2 Å². The zero-order chi connectivity index (χ0) is 16.4. The van der Waals surface area contributed by atoms with Gasteiger partial charge in [0.25, 0.3) is 10.0 Å². The van der Waals surface area contributed by atoms with Crippen LogP contribution in [0.3, 0.4) is 0 Å². The van der Waals surface area contributed by atoms with Crippen molar-refractivity contribution in [3.63, 3.8) is 0 Å². The summed E-state index contributed by atoms with van der Waals surface area (Å²) in [7, 11) is -3.50. The van der Waals surface area contributed by atoms with Crippen LogP contribution >= 0.6 is 11.3 Å². The molecule has 2 heterocycles. The molecule has 0 bridgehead atoms. The second-order valence-corrected chi connectivity index (χ2v) is 8.45. The lowest BCUT2D eigenvalue weighted by atomic mass is 10.1. The Kier molecular flexibility index (Phi) is 4.58. The highest BCUT2D eigenvalue weighted by Gasteiger charge is 2.34. The molecule has 2 N–H and O–H groups in total. The maximum atomic E-state index is 12.6. The first-order valence-corrected chi connectivity index (χ1v) is 9.54. The van der Waals surface area contributed by atoms with Crippen molar-refractivity contribution in [2.45, 2.75) is 10.3 Å². The van der Waals surface area contributed by atoms with Crippen molar-refractivity contribution in [1.82, 2.24) is 4.31 Å². The van der Waals surface area contributed by atoms with E-state index in [4.69, 9.17) is 0 Å². The number of phenols is 1. The molecule has 124 valence electrons. The molecule has 0 saturated carbocycles. The molecule has 1 fully saturated rings. The van der Waals surface area contributed by atoms with E-state index < -0.39 is 10.0 Å². The maximum Gasteiger partial charge on any atom is 0.252 e. The van der Waals surface area contributed by atoms with Gasteiger partial charge in [-0.2, -0.15) is 4.31 Å². The molecule has 8 heteroatoms. The van der Waals surface area contributed by atoms with Gasteiger partial charge in [0.2, 0.25) is 0 Å². The lowest BCUT2D eigenvalue weighted by Crippen LogP contribution is -2.56. The number of anilines is 1. The Morgan fingerprint density at radius 2 is 1.91 bits per heavy atom. The van der Waals surface area contributed by atoms with Gasteiger partial charge in [-0.15, -0.1) is 11.3 Å². The highest BCUT2D eigenvalue weighted by atomic mass is 32.2. The minimum Gasteiger partial charge on any atom is -0.508 e. The number of thiophene rings is 1. The molecule has 2 aromatic rings. The van der Waals surface area contributed by atoms with E-state index >= 15 is 0 Å². The summed E-state index contributed by atoms with van der Waals surface area (Å²) in [6, 6.07) is 9.69. The van der Waals surface area contributed by atoms with Crippen LogP contribution in [0.2, 0.25) is 0 Å². The standard InChI is InChI=1S/C15H18N2O4S2/c18-11-13-10-16(23(20,21)15-2-1-9-22-15)7-8-17(13)12-3-5-14(19)6-4-12/h1-6,9,13,18-19H,7-8,10-11H2/t13-/m1/s1. The summed E-state index contributed by atoms with van der Waals surface area (Å²) in [5.74, 6) is 0.174. The molecule has 0 spiro atoms. The molecular weight excluding hydrogens is 336 g/mol. The average molecular weight is 354 g/mol. The smallest absolute Gasteiger partial charge is 0.252 e. The topological polar surface area (TPSA) is 81.1 Å². The van der Waals surface area contributed by atoms with Crippen molar-refractivity contribution in [2.24, 2.45) is 0 Å². The molecule has 1 aliphatic rings. The van der Waals surface area contributed by atoms with E-state index in [2.05, 4.69) is 0 Å². The van der Waals surface area contributed by atoms with Crippen LogP contribution in [0, 0.1) is 0 Å². The summed E-state index contributed by atoms with van der Waals surface area (Å²) in [6.45, 7) is 0.938. The van der Waals surface area contributed by atoms with Gasteiger partial charge in [0.05, 0.1) is 12.6 Å². The third-order valence-electron chi connectivity index (χ3n) is 3.93. The van der Waals surface area contributed by atoms with Crippen molar-refractivity contribution >= 4 is 27.0 Å². The molecule has 1 saturated heterocycles. The summed E-state index contributed by atoms with van der Waals surface area (Å²) in [5, 5.41) is 20.8. The van der Waals surface area contributed by atoms with Crippen molar-refractivity contribution in [3.05, 3.63) is 41.8 Å². The normalized spacial score (nSPS) is 19.9. The number of phenolic OH excluding ortho intramolecular Hbond substituents is 1. The van der Waals surface area contributed by atoms with Crippen LogP contribution < -0.4 is 4.90 Å². The summed E-state index contributed by atoms with van der Waals surface area (Å²) in [4.78, 5) is 1.97. The van der Waals surface area contributed by atoms with Gasteiger partial charge in [-0.1, -0.05) is 6.07 Å². The Morgan fingerprint density at radius 3 is 2.52 bits per heavy atom. The first-order chi connectivity index (χ1) is 11.0. The predicted octanol–water partition coefficient (Wildman–Crippen LogP) is 1.33. The van der Waals surface area contributed by atoms with Crippen molar-refractivity contribution in [3.8, 4) is 5.75 Å². The van der Waals surface area contributed by atoms with Crippen LogP contribution in [0.1, 0.15) is 0 Å². The van der Waals surface area contributed by atoms with Gasteiger partial charge in [0.15, 0.2) is 0 Å². The fourth-order valence-corrected chi connectivity index (χ4v) is 5.34. The lowest BCUT2D eigenvalue weighted by molar-refractivity contribution is 0.217. The van der Waals surface area contributed by atoms with Crippen LogP contribution in [-0.2, 0) is 10.0 Å². The number of hydrogen-bond donors (Lipinski definition) is 2. The Balaban J connectivity index is 1.80. The van der Waals surface area contributed by atoms with Crippen molar-refractivity contribution in [2.75, 3.05) is 31.1 Å². The molecule has 1 aliphatic heterocycles. The fourth-order valence-electron chi connectivity index (χ4n) is 2.72. The summed E-state index contributed by atoms with van der Waals surface area (Å²) < 4.78 is 27.0. The molecule has 1 aromatic carbocycles. The Morgan fingerprint density at radius 1 is 1.17 bits per heavy atom. The van der Waals surface area contributed by atoms with Crippen molar-refractivity contribution < 1.29 is 18.6 Å². The Hall–Kier alpha value is -1.61. The van der Waals surface area contributed by atoms with Crippen molar-refractivity contribution in [1.29, 1.82) is 0 Å². The summed E-state index contributed by atoms with van der Waals surface area (Å²) >= 11 is 1.20. The number of benzene rings is 1. The van der Waals surface area contributed by atoms with Gasteiger partial charge in [0, 0.05) is 25.3 Å². The zero-order valence-electron chi connectivity index (χ0n) is 12.4. The molecule has 0 unspecified atom stereocenters. The van der Waals surface area contributed by atoms with Gasteiger partial charge in [-0.3, -0.25) is 0 Å². The van der Waals surface area contributed by atoms with E-state index in [1.54, 1.807) is 41.8 Å². The maximum absolute atomic E-state index is 12.6. The molecule has 0 aliphatic carbocycles. The Bertz CT molecular complexity index is 744. The van der Waals surface area contributed by atoms with Crippen LogP contribution in [0.4, 0.5) is 5.69 Å². The number of nitrogens with zero attached hydrogens (tertiary/aromatic N) is 2. The van der Waals surface area contributed by atoms with E-state index in [0.717, 1.165) is 5.69 Å². The van der Waals surface area contributed by atoms with E-state index in [1.165, 1.54) is 15.6 Å². The molecule has 0 amide bonds. The van der Waals surface area contributed by atoms with E-state index in [1.807, 2.05) is 4.90 Å². The minimum atomic E-state index is -3.50. The zero-order valence-corrected chi connectivity index (χ0v) is 14.0. The van der Waals surface area contributed by atoms with E-state index in [0.29, 0.717) is 17.3 Å². The molecule has 6 nitrogen and oxygen atoms in total. The third kappa shape index (κ3) is 3.20. The molecule has 0 radical (unpaired) electrons. The molecule has 3 rings (SSSR count). The van der Waals surface area contributed by atoms with Gasteiger partial charge in [-0.25, -0.2) is 8.42 Å². The van der Waals surface area contributed by atoms with Gasteiger partial charge in [-0.05, 0) is 35.7 Å². The van der Waals surface area contributed by atoms with Crippen LogP contribution in [0.25, 0.3) is 0 Å². The summed E-state index contributed by atoms with van der Waals surface area (Å²) in [6.07, 6.45) is 0. The first kappa shape index (κ1) is 16.3. The number of aliphatic hydroxyl groups excluding tert-OH is 1. The highest BCUT2D eigenvalue weighted by Crippen LogP contribution is 2.27. The Labute approximate surface area is 139 Å². The highest BCUT2D eigenvalue weighted by molar-refractivity contribution is 7.91. The number of piperazine rings is 1. The second-order valence-electron chi connectivity index (χ2n) is 5.34.